The summed E-state index contributed by atoms with van der Waals surface area (Å²) in [6.07, 6.45) is 11.4. The first-order valence-corrected chi connectivity index (χ1v) is 9.98. The molecule has 1 aromatic rings. The van der Waals surface area contributed by atoms with E-state index in [1.54, 1.807) is 6.07 Å². The minimum absolute atomic E-state index is 0.342. The van der Waals surface area contributed by atoms with Crippen molar-refractivity contribution < 1.29 is 9.90 Å². The molecule has 5 heteroatoms. The van der Waals surface area contributed by atoms with Gasteiger partial charge in [-0.1, -0.05) is 99.5 Å². The number of aliphatic carboxylic acids is 1. The third-order valence-electron chi connectivity index (χ3n) is 4.31. The predicted octanol–water partition coefficient (Wildman–Crippen LogP) is 7.74. The van der Waals surface area contributed by atoms with Gasteiger partial charge in [-0.15, -0.1) is 0 Å². The lowest BCUT2D eigenvalue weighted by Crippen LogP contribution is -2.12. The average Bonchev–Trinajstić information content (AvgIpc) is 2.53. The van der Waals surface area contributed by atoms with Gasteiger partial charge in [-0.3, -0.25) is 4.79 Å². The fourth-order valence-corrected chi connectivity index (χ4v) is 3.56. The van der Waals surface area contributed by atoms with Crippen molar-refractivity contribution in [1.82, 2.24) is 0 Å². The summed E-state index contributed by atoms with van der Waals surface area (Å²) in [4.78, 5) is 11.6. The summed E-state index contributed by atoms with van der Waals surface area (Å²) in [6, 6.07) is 3.10. The monoisotopic (exact) mass is 392 g/mol. The Hall–Kier alpha value is -0.440. The SMILES string of the molecule is CCCCCCCCCCCC(C(=O)O)c1cc(Cl)c(Cl)cc1Cl. The molecule has 0 radical (unpaired) electrons. The predicted molar refractivity (Wildman–Crippen MR) is 104 cm³/mol. The maximum atomic E-state index is 11.6. The molecule has 0 amide bonds. The number of halogens is 3. The molecular weight excluding hydrogens is 367 g/mol. The first kappa shape index (κ1) is 21.6. The van der Waals surface area contributed by atoms with E-state index in [9.17, 15) is 9.90 Å². The minimum atomic E-state index is -0.866. The Morgan fingerprint density at radius 2 is 1.38 bits per heavy atom. The summed E-state index contributed by atoms with van der Waals surface area (Å²) in [6.45, 7) is 2.22. The van der Waals surface area contributed by atoms with Gasteiger partial charge >= 0.3 is 5.97 Å². The Labute approximate surface area is 160 Å². The molecule has 0 spiro atoms. The molecule has 0 aliphatic rings. The number of carboxylic acids is 1. The summed E-state index contributed by atoms with van der Waals surface area (Å²) < 4.78 is 0. The van der Waals surface area contributed by atoms with Crippen molar-refractivity contribution in [2.24, 2.45) is 0 Å². The molecule has 1 N–H and O–H groups in total. The highest BCUT2D eigenvalue weighted by molar-refractivity contribution is 6.43. The maximum Gasteiger partial charge on any atom is 0.311 e. The maximum absolute atomic E-state index is 11.6. The van der Waals surface area contributed by atoms with Crippen molar-refractivity contribution in [3.63, 3.8) is 0 Å². The molecule has 0 fully saturated rings. The highest BCUT2D eigenvalue weighted by atomic mass is 35.5. The Kier molecular flexibility index (Phi) is 10.8. The number of carbonyl (C=O) groups is 1. The molecule has 1 rings (SSSR count). The first-order chi connectivity index (χ1) is 11.5. The topological polar surface area (TPSA) is 37.3 Å². The van der Waals surface area contributed by atoms with Gasteiger partial charge < -0.3 is 5.11 Å². The fraction of sp³-hybridized carbons (Fsp3) is 0.632. The van der Waals surface area contributed by atoms with Crippen molar-refractivity contribution in [2.75, 3.05) is 0 Å². The zero-order chi connectivity index (χ0) is 17.9. The first-order valence-electron chi connectivity index (χ1n) is 8.84. The number of hydrogen-bond donors (Lipinski definition) is 1. The van der Waals surface area contributed by atoms with Crippen LogP contribution >= 0.6 is 34.8 Å². The van der Waals surface area contributed by atoms with Gasteiger partial charge in [0.25, 0.3) is 0 Å². The molecule has 0 aliphatic carbocycles. The normalized spacial score (nSPS) is 12.3. The van der Waals surface area contributed by atoms with Gasteiger partial charge in [-0.2, -0.15) is 0 Å². The summed E-state index contributed by atoms with van der Waals surface area (Å²) in [5, 5.41) is 10.6. The summed E-state index contributed by atoms with van der Waals surface area (Å²) in [7, 11) is 0. The molecule has 2 nitrogen and oxygen atoms in total. The van der Waals surface area contributed by atoms with Crippen LogP contribution in [-0.4, -0.2) is 11.1 Å². The second kappa shape index (κ2) is 12.0. The Bertz CT molecular complexity index is 518. The van der Waals surface area contributed by atoms with Crippen LogP contribution in [0.1, 0.15) is 82.6 Å². The van der Waals surface area contributed by atoms with E-state index in [0.29, 0.717) is 27.1 Å². The van der Waals surface area contributed by atoms with Crippen LogP contribution in [0.5, 0.6) is 0 Å². The lowest BCUT2D eigenvalue weighted by molar-refractivity contribution is -0.139. The molecule has 24 heavy (non-hydrogen) atoms. The number of benzene rings is 1. The molecule has 1 aromatic carbocycles. The average molecular weight is 394 g/mol. The zero-order valence-corrected chi connectivity index (χ0v) is 16.6. The van der Waals surface area contributed by atoms with Crippen LogP contribution in [0.3, 0.4) is 0 Å². The Balaban J connectivity index is 2.40. The van der Waals surface area contributed by atoms with Gasteiger partial charge in [-0.05, 0) is 24.1 Å². The number of unbranched alkanes of at least 4 members (excludes halogenated alkanes) is 8. The molecule has 0 saturated heterocycles. The highest BCUT2D eigenvalue weighted by Gasteiger charge is 2.23. The van der Waals surface area contributed by atoms with Crippen molar-refractivity contribution in [3.8, 4) is 0 Å². The lowest BCUT2D eigenvalue weighted by atomic mass is 9.93. The van der Waals surface area contributed by atoms with Crippen LogP contribution in [0.25, 0.3) is 0 Å². The van der Waals surface area contributed by atoms with E-state index in [0.717, 1.165) is 19.3 Å². The minimum Gasteiger partial charge on any atom is -0.481 e. The number of carboxylic acid groups (broad SMARTS) is 1. The smallest absolute Gasteiger partial charge is 0.311 e. The lowest BCUT2D eigenvalue weighted by Gasteiger charge is -2.15. The van der Waals surface area contributed by atoms with Gasteiger partial charge in [-0.25, -0.2) is 0 Å². The van der Waals surface area contributed by atoms with Crippen LogP contribution in [0.4, 0.5) is 0 Å². The molecule has 0 bridgehead atoms. The second-order valence-electron chi connectivity index (χ2n) is 6.30. The molecule has 0 saturated carbocycles. The van der Waals surface area contributed by atoms with Gasteiger partial charge in [0.05, 0.1) is 16.0 Å². The van der Waals surface area contributed by atoms with E-state index < -0.39 is 11.9 Å². The van der Waals surface area contributed by atoms with E-state index in [4.69, 9.17) is 34.8 Å². The third-order valence-corrected chi connectivity index (χ3v) is 5.36. The number of hydrogen-bond acceptors (Lipinski definition) is 1. The standard InChI is InChI=1S/C19H27Cl3O2/c1-2-3-4-5-6-7-8-9-10-11-14(19(23)24)15-12-17(21)18(22)13-16(15)20/h12-14H,2-11H2,1H3,(H,23,24). The van der Waals surface area contributed by atoms with Gasteiger partial charge in [0.2, 0.25) is 0 Å². The van der Waals surface area contributed by atoms with Crippen LogP contribution in [0, 0.1) is 0 Å². The molecule has 136 valence electrons. The van der Waals surface area contributed by atoms with Crippen LogP contribution in [0.15, 0.2) is 12.1 Å². The summed E-state index contributed by atoms with van der Waals surface area (Å²) in [5.74, 6) is -1.49. The second-order valence-corrected chi connectivity index (χ2v) is 7.52. The van der Waals surface area contributed by atoms with E-state index in [1.807, 2.05) is 0 Å². The quantitative estimate of drug-likeness (QED) is 0.291. The third kappa shape index (κ3) is 7.63. The fourth-order valence-electron chi connectivity index (χ4n) is 2.88. The van der Waals surface area contributed by atoms with E-state index >= 15 is 0 Å². The largest absolute Gasteiger partial charge is 0.481 e. The van der Waals surface area contributed by atoms with Gasteiger partial charge in [0, 0.05) is 5.02 Å². The van der Waals surface area contributed by atoms with Crippen LogP contribution in [-0.2, 0) is 4.79 Å². The zero-order valence-electron chi connectivity index (χ0n) is 14.3. The van der Waals surface area contributed by atoms with Crippen molar-refractivity contribution >= 4 is 40.8 Å². The molecule has 0 aliphatic heterocycles. The van der Waals surface area contributed by atoms with E-state index in [-0.39, 0.29) is 0 Å². The van der Waals surface area contributed by atoms with Crippen LogP contribution in [0.2, 0.25) is 15.1 Å². The molecular formula is C19H27Cl3O2. The van der Waals surface area contributed by atoms with Crippen LogP contribution < -0.4 is 0 Å². The van der Waals surface area contributed by atoms with Crippen molar-refractivity contribution in [2.45, 2.75) is 77.0 Å². The summed E-state index contributed by atoms with van der Waals surface area (Å²) >= 11 is 18.1. The molecule has 1 unspecified atom stereocenters. The van der Waals surface area contributed by atoms with E-state index in [2.05, 4.69) is 6.92 Å². The summed E-state index contributed by atoms with van der Waals surface area (Å²) in [5.41, 5.74) is 0.554. The van der Waals surface area contributed by atoms with E-state index in [1.165, 1.54) is 44.6 Å². The molecule has 0 aromatic heterocycles. The van der Waals surface area contributed by atoms with Crippen molar-refractivity contribution in [1.29, 1.82) is 0 Å². The number of rotatable bonds is 12. The van der Waals surface area contributed by atoms with Crippen molar-refractivity contribution in [3.05, 3.63) is 32.8 Å². The molecule has 1 atom stereocenters. The molecule has 0 heterocycles. The Morgan fingerprint density at radius 1 is 0.875 bits per heavy atom. The Morgan fingerprint density at radius 3 is 1.92 bits per heavy atom. The van der Waals surface area contributed by atoms with Gasteiger partial charge in [0.15, 0.2) is 0 Å². The van der Waals surface area contributed by atoms with Gasteiger partial charge in [0.1, 0.15) is 0 Å². The highest BCUT2D eigenvalue weighted by Crippen LogP contribution is 2.35.